The lowest BCUT2D eigenvalue weighted by Crippen LogP contribution is -2.33. The van der Waals surface area contributed by atoms with Crippen LogP contribution in [0, 0.1) is 0 Å². The highest BCUT2D eigenvalue weighted by Crippen LogP contribution is 2.09. The van der Waals surface area contributed by atoms with Crippen LogP contribution >= 0.6 is 24.0 Å². The summed E-state index contributed by atoms with van der Waals surface area (Å²) in [5.41, 5.74) is 0. The van der Waals surface area contributed by atoms with Gasteiger partial charge in [0.1, 0.15) is 0 Å². The van der Waals surface area contributed by atoms with Gasteiger partial charge in [-0.3, -0.25) is 14.5 Å². The van der Waals surface area contributed by atoms with Gasteiger partial charge in [-0.1, -0.05) is 11.8 Å². The molecule has 0 aromatic rings. The molecule has 4 nitrogen and oxygen atoms in total. The van der Waals surface area contributed by atoms with Crippen LogP contribution in [-0.2, 0) is 14.3 Å². The summed E-state index contributed by atoms with van der Waals surface area (Å²) in [4.78, 5) is 23.0. The van der Waals surface area contributed by atoms with Crippen molar-refractivity contribution in [2.24, 2.45) is 0 Å². The van der Waals surface area contributed by atoms with E-state index in [-0.39, 0.29) is 17.7 Å². The minimum absolute atomic E-state index is 0.212. The van der Waals surface area contributed by atoms with E-state index in [2.05, 4.69) is 0 Å². The van der Waals surface area contributed by atoms with E-state index in [4.69, 9.17) is 17.0 Å². The summed E-state index contributed by atoms with van der Waals surface area (Å²) in [5.74, 6) is -0.364. The first kappa shape index (κ1) is 13.4. The molecule has 0 bridgehead atoms. The quantitative estimate of drug-likeness (QED) is 0.546. The Balaban J connectivity index is 4.01. The largest absolute Gasteiger partial charge is 0.479 e. The minimum atomic E-state index is -0.288. The van der Waals surface area contributed by atoms with Crippen molar-refractivity contribution >= 4 is 40.2 Å². The summed E-state index contributed by atoms with van der Waals surface area (Å²) in [6.45, 7) is 4.99. The summed E-state index contributed by atoms with van der Waals surface area (Å²) in [6, 6.07) is 0. The fourth-order valence-electron chi connectivity index (χ4n) is 0.680. The molecule has 0 aliphatic carbocycles. The SMILES string of the molecule is CCOC(=S)SCN(C(C)=O)C(C)=O. The Hall–Kier alpha value is -0.620. The maximum absolute atomic E-state index is 11.0. The molecule has 0 saturated heterocycles. The van der Waals surface area contributed by atoms with Crippen molar-refractivity contribution in [3.63, 3.8) is 0 Å². The predicted octanol–water partition coefficient (Wildman–Crippen LogP) is 1.39. The number of thiocarbonyl (C=S) groups is 1. The molecule has 0 aromatic heterocycles. The van der Waals surface area contributed by atoms with Crippen LogP contribution < -0.4 is 0 Å². The van der Waals surface area contributed by atoms with Crippen molar-refractivity contribution in [3.8, 4) is 0 Å². The topological polar surface area (TPSA) is 46.6 Å². The number of nitrogens with zero attached hydrogens (tertiary/aromatic N) is 1. The number of ether oxygens (including phenoxy) is 1. The third-order valence-corrected chi connectivity index (χ3v) is 2.55. The van der Waals surface area contributed by atoms with Crippen molar-refractivity contribution in [2.45, 2.75) is 20.8 Å². The monoisotopic (exact) mass is 235 g/mol. The summed E-state index contributed by atoms with van der Waals surface area (Å²) in [6.07, 6.45) is 0. The highest BCUT2D eigenvalue weighted by Gasteiger charge is 2.14. The molecule has 0 spiro atoms. The second kappa shape index (κ2) is 6.78. The Morgan fingerprint density at radius 1 is 1.36 bits per heavy atom. The highest BCUT2D eigenvalue weighted by atomic mass is 32.2. The molecule has 0 atom stereocenters. The zero-order valence-electron chi connectivity index (χ0n) is 8.40. The molecule has 0 aliphatic heterocycles. The van der Waals surface area contributed by atoms with Crippen LogP contribution in [0.3, 0.4) is 0 Å². The van der Waals surface area contributed by atoms with Crippen LogP contribution in [0.25, 0.3) is 0 Å². The zero-order valence-corrected chi connectivity index (χ0v) is 10.0. The van der Waals surface area contributed by atoms with Gasteiger partial charge in [0.25, 0.3) is 0 Å². The van der Waals surface area contributed by atoms with Crippen LogP contribution in [-0.4, -0.2) is 33.6 Å². The molecule has 0 N–H and O–H groups in total. The van der Waals surface area contributed by atoms with Gasteiger partial charge in [-0.25, -0.2) is 0 Å². The van der Waals surface area contributed by atoms with Crippen LogP contribution in [0.2, 0.25) is 0 Å². The van der Waals surface area contributed by atoms with Crippen molar-refractivity contribution in [1.29, 1.82) is 0 Å². The van der Waals surface area contributed by atoms with Crippen molar-refractivity contribution in [3.05, 3.63) is 0 Å². The van der Waals surface area contributed by atoms with E-state index in [0.29, 0.717) is 11.0 Å². The molecule has 0 aromatic carbocycles. The van der Waals surface area contributed by atoms with Crippen molar-refractivity contribution in [2.75, 3.05) is 12.5 Å². The first-order valence-electron chi connectivity index (χ1n) is 4.07. The molecule has 0 unspecified atom stereocenters. The molecule has 0 fully saturated rings. The van der Waals surface area contributed by atoms with Gasteiger partial charge in [0, 0.05) is 13.8 Å². The lowest BCUT2D eigenvalue weighted by molar-refractivity contribution is -0.140. The van der Waals surface area contributed by atoms with E-state index in [9.17, 15) is 9.59 Å². The van der Waals surface area contributed by atoms with Gasteiger partial charge in [0.05, 0.1) is 12.5 Å². The molecular formula is C8H13NO3S2. The maximum atomic E-state index is 11.0. The van der Waals surface area contributed by atoms with Crippen molar-refractivity contribution in [1.82, 2.24) is 4.90 Å². The van der Waals surface area contributed by atoms with E-state index in [0.717, 1.165) is 16.7 Å². The van der Waals surface area contributed by atoms with E-state index in [1.54, 1.807) is 0 Å². The highest BCUT2D eigenvalue weighted by molar-refractivity contribution is 8.22. The molecular weight excluding hydrogens is 222 g/mol. The number of hydrogen-bond donors (Lipinski definition) is 0. The Bertz CT molecular complexity index is 229. The third-order valence-electron chi connectivity index (χ3n) is 1.33. The number of carbonyl (C=O) groups is 2. The third kappa shape index (κ3) is 5.18. The van der Waals surface area contributed by atoms with Gasteiger partial charge in [-0.05, 0) is 19.1 Å². The number of imide groups is 1. The van der Waals surface area contributed by atoms with Crippen LogP contribution in [0.5, 0.6) is 0 Å². The number of hydrogen-bond acceptors (Lipinski definition) is 5. The van der Waals surface area contributed by atoms with E-state index in [1.807, 2.05) is 6.92 Å². The molecule has 0 aliphatic rings. The number of carbonyl (C=O) groups excluding carboxylic acids is 2. The average Bonchev–Trinajstić information content (AvgIpc) is 2.03. The number of rotatable bonds is 3. The van der Waals surface area contributed by atoms with Gasteiger partial charge in [0.15, 0.2) is 0 Å². The van der Waals surface area contributed by atoms with E-state index >= 15 is 0 Å². The zero-order chi connectivity index (χ0) is 11.1. The second-order valence-electron chi connectivity index (χ2n) is 2.42. The Morgan fingerprint density at radius 2 is 1.86 bits per heavy atom. The smallest absolute Gasteiger partial charge is 0.226 e. The average molecular weight is 235 g/mol. The first-order chi connectivity index (χ1) is 6.49. The Morgan fingerprint density at radius 3 is 2.21 bits per heavy atom. The van der Waals surface area contributed by atoms with Crippen LogP contribution in [0.1, 0.15) is 20.8 Å². The molecule has 0 heterocycles. The normalized spacial score (nSPS) is 9.36. The molecule has 2 amide bonds. The molecule has 80 valence electrons. The molecule has 14 heavy (non-hydrogen) atoms. The van der Waals surface area contributed by atoms with Gasteiger partial charge >= 0.3 is 0 Å². The fourth-order valence-corrected chi connectivity index (χ4v) is 1.76. The van der Waals surface area contributed by atoms with Gasteiger partial charge in [0.2, 0.25) is 16.2 Å². The van der Waals surface area contributed by atoms with Crippen LogP contribution in [0.4, 0.5) is 0 Å². The van der Waals surface area contributed by atoms with Gasteiger partial charge in [-0.2, -0.15) is 0 Å². The lowest BCUT2D eigenvalue weighted by atomic mass is 10.5. The maximum Gasteiger partial charge on any atom is 0.226 e. The van der Waals surface area contributed by atoms with E-state index in [1.165, 1.54) is 13.8 Å². The number of thioether (sulfide) groups is 1. The molecule has 0 rings (SSSR count). The van der Waals surface area contributed by atoms with Gasteiger partial charge < -0.3 is 4.74 Å². The van der Waals surface area contributed by atoms with E-state index < -0.39 is 0 Å². The standard InChI is InChI=1S/C8H13NO3S2/c1-4-12-8(13)14-5-9(6(2)10)7(3)11/h4-5H2,1-3H3. The van der Waals surface area contributed by atoms with Crippen LogP contribution in [0.15, 0.2) is 0 Å². The Labute approximate surface area is 93.0 Å². The summed E-state index contributed by atoms with van der Waals surface area (Å²) >= 11 is 6.00. The minimum Gasteiger partial charge on any atom is -0.479 e. The molecule has 0 saturated carbocycles. The summed E-state index contributed by atoms with van der Waals surface area (Å²) in [7, 11) is 0. The first-order valence-corrected chi connectivity index (χ1v) is 5.46. The predicted molar refractivity (Wildman–Crippen MR) is 59.9 cm³/mol. The van der Waals surface area contributed by atoms with Gasteiger partial charge in [-0.15, -0.1) is 0 Å². The fraction of sp³-hybridized carbons (Fsp3) is 0.625. The lowest BCUT2D eigenvalue weighted by Gasteiger charge is -2.16. The van der Waals surface area contributed by atoms with Crippen molar-refractivity contribution < 1.29 is 14.3 Å². The second-order valence-corrected chi connectivity index (χ2v) is 3.97. The Kier molecular flexibility index (Phi) is 6.48. The molecule has 6 heteroatoms. The summed E-state index contributed by atoms with van der Waals surface area (Å²) in [5, 5.41) is 0. The summed E-state index contributed by atoms with van der Waals surface area (Å²) < 4.78 is 5.34. The number of amides is 2. The molecule has 0 radical (unpaired) electrons.